The SMILES string of the molecule is CN1CCC(OC(=O)C(NS(=O)(=O)c2cccc(C(=O)O)c2)c2ccccc2)C1. The van der Waals surface area contributed by atoms with Crippen LogP contribution >= 0.6 is 0 Å². The number of esters is 1. The molecule has 29 heavy (non-hydrogen) atoms. The van der Waals surface area contributed by atoms with Gasteiger partial charge in [-0.1, -0.05) is 36.4 Å². The lowest BCUT2D eigenvalue weighted by Gasteiger charge is -2.21. The molecule has 1 saturated heterocycles. The van der Waals surface area contributed by atoms with E-state index in [0.29, 0.717) is 18.5 Å². The Kier molecular flexibility index (Phi) is 6.31. The number of benzene rings is 2. The summed E-state index contributed by atoms with van der Waals surface area (Å²) in [5.41, 5.74) is 0.266. The van der Waals surface area contributed by atoms with Gasteiger partial charge in [0.1, 0.15) is 12.1 Å². The molecule has 2 atom stereocenters. The zero-order valence-electron chi connectivity index (χ0n) is 15.8. The molecule has 1 fully saturated rings. The van der Waals surface area contributed by atoms with Gasteiger partial charge in [0.15, 0.2) is 0 Å². The van der Waals surface area contributed by atoms with E-state index in [4.69, 9.17) is 9.84 Å². The summed E-state index contributed by atoms with van der Waals surface area (Å²) in [6.07, 6.45) is 0.371. The maximum atomic E-state index is 12.9. The number of carbonyl (C=O) groups excluding carboxylic acids is 1. The van der Waals surface area contributed by atoms with Crippen molar-refractivity contribution in [1.82, 2.24) is 9.62 Å². The molecule has 2 aromatic rings. The highest BCUT2D eigenvalue weighted by molar-refractivity contribution is 7.89. The van der Waals surface area contributed by atoms with E-state index >= 15 is 0 Å². The first-order chi connectivity index (χ1) is 13.8. The van der Waals surface area contributed by atoms with E-state index in [-0.39, 0.29) is 16.6 Å². The summed E-state index contributed by atoms with van der Waals surface area (Å²) in [6.45, 7) is 1.38. The second-order valence-corrected chi connectivity index (χ2v) is 8.62. The summed E-state index contributed by atoms with van der Waals surface area (Å²) in [5, 5.41) is 9.11. The normalized spacial score (nSPS) is 18.3. The molecule has 0 aliphatic carbocycles. The number of nitrogens with zero attached hydrogens (tertiary/aromatic N) is 1. The van der Waals surface area contributed by atoms with Crippen molar-refractivity contribution in [1.29, 1.82) is 0 Å². The molecule has 0 amide bonds. The fourth-order valence-electron chi connectivity index (χ4n) is 3.14. The van der Waals surface area contributed by atoms with Crippen LogP contribution in [0.5, 0.6) is 0 Å². The molecule has 0 aromatic heterocycles. The standard InChI is InChI=1S/C20H22N2O6S/c1-22-11-10-16(13-22)28-20(25)18(14-6-3-2-4-7-14)21-29(26,27)17-9-5-8-15(12-17)19(23)24/h2-9,12,16,18,21H,10-11,13H2,1H3,(H,23,24). The van der Waals surface area contributed by atoms with Gasteiger partial charge in [-0.15, -0.1) is 0 Å². The van der Waals surface area contributed by atoms with Crippen LogP contribution in [0.15, 0.2) is 59.5 Å². The van der Waals surface area contributed by atoms with Gasteiger partial charge in [-0.05, 0) is 37.2 Å². The summed E-state index contributed by atoms with van der Waals surface area (Å²) in [4.78, 5) is 25.8. The Bertz CT molecular complexity index is 993. The molecule has 2 N–H and O–H groups in total. The molecule has 0 spiro atoms. The number of ether oxygens (including phenoxy) is 1. The highest BCUT2D eigenvalue weighted by Crippen LogP contribution is 2.22. The molecule has 9 heteroatoms. The predicted molar refractivity (Wildman–Crippen MR) is 105 cm³/mol. The molecule has 2 unspecified atom stereocenters. The lowest BCUT2D eigenvalue weighted by atomic mass is 10.1. The Morgan fingerprint density at radius 1 is 1.17 bits per heavy atom. The summed E-state index contributed by atoms with van der Waals surface area (Å²) >= 11 is 0. The number of likely N-dealkylation sites (tertiary alicyclic amines) is 1. The van der Waals surface area contributed by atoms with Gasteiger partial charge in [0.05, 0.1) is 10.5 Å². The Labute approximate surface area is 169 Å². The van der Waals surface area contributed by atoms with Gasteiger partial charge in [-0.2, -0.15) is 4.72 Å². The Morgan fingerprint density at radius 3 is 2.52 bits per heavy atom. The molecule has 1 aliphatic rings. The second-order valence-electron chi connectivity index (χ2n) is 6.91. The average molecular weight is 418 g/mol. The number of likely N-dealkylation sites (N-methyl/N-ethyl adjacent to an activating group) is 1. The van der Waals surface area contributed by atoms with E-state index in [9.17, 15) is 18.0 Å². The van der Waals surface area contributed by atoms with Crippen LogP contribution in [0.1, 0.15) is 28.4 Å². The van der Waals surface area contributed by atoms with E-state index in [1.165, 1.54) is 18.2 Å². The predicted octanol–water partition coefficient (Wildman–Crippen LogP) is 1.65. The fourth-order valence-corrected chi connectivity index (χ4v) is 4.36. The Morgan fingerprint density at radius 2 is 1.90 bits per heavy atom. The van der Waals surface area contributed by atoms with Crippen molar-refractivity contribution in [2.24, 2.45) is 0 Å². The van der Waals surface area contributed by atoms with Crippen LogP contribution in [0.3, 0.4) is 0 Å². The minimum Gasteiger partial charge on any atom is -0.478 e. The van der Waals surface area contributed by atoms with Crippen molar-refractivity contribution in [3.05, 3.63) is 65.7 Å². The molecule has 2 aromatic carbocycles. The minimum atomic E-state index is -4.18. The fraction of sp³-hybridized carbons (Fsp3) is 0.300. The average Bonchev–Trinajstić information content (AvgIpc) is 3.11. The quantitative estimate of drug-likeness (QED) is 0.658. The number of aromatic carboxylic acids is 1. The lowest BCUT2D eigenvalue weighted by Crippen LogP contribution is -2.37. The molecule has 0 saturated carbocycles. The molecule has 154 valence electrons. The summed E-state index contributed by atoms with van der Waals surface area (Å²) in [5.74, 6) is -1.94. The zero-order valence-corrected chi connectivity index (χ0v) is 16.6. The van der Waals surface area contributed by atoms with E-state index in [2.05, 4.69) is 4.72 Å². The van der Waals surface area contributed by atoms with Crippen molar-refractivity contribution < 1.29 is 27.9 Å². The minimum absolute atomic E-state index is 0.166. The third-order valence-electron chi connectivity index (χ3n) is 4.66. The van der Waals surface area contributed by atoms with E-state index in [1.54, 1.807) is 30.3 Å². The lowest BCUT2D eigenvalue weighted by molar-refractivity contribution is -0.150. The second kappa shape index (κ2) is 8.73. The van der Waals surface area contributed by atoms with Crippen molar-refractivity contribution in [2.75, 3.05) is 20.1 Å². The van der Waals surface area contributed by atoms with Gasteiger partial charge in [0, 0.05) is 13.1 Å². The third kappa shape index (κ3) is 5.20. The van der Waals surface area contributed by atoms with Crippen LogP contribution < -0.4 is 4.72 Å². The molecule has 1 aliphatic heterocycles. The van der Waals surface area contributed by atoms with Crippen LogP contribution in [0, 0.1) is 0 Å². The first-order valence-electron chi connectivity index (χ1n) is 9.06. The highest BCUT2D eigenvalue weighted by Gasteiger charge is 2.32. The summed E-state index contributed by atoms with van der Waals surface area (Å²) in [6, 6.07) is 12.1. The molecular formula is C20H22N2O6S. The largest absolute Gasteiger partial charge is 0.478 e. The molecular weight excluding hydrogens is 396 g/mol. The van der Waals surface area contributed by atoms with Gasteiger partial charge < -0.3 is 14.7 Å². The number of carbonyl (C=O) groups is 2. The number of nitrogens with one attached hydrogen (secondary N) is 1. The zero-order chi connectivity index (χ0) is 21.0. The maximum absolute atomic E-state index is 12.9. The van der Waals surface area contributed by atoms with E-state index < -0.39 is 28.0 Å². The van der Waals surface area contributed by atoms with Crippen molar-refractivity contribution >= 4 is 22.0 Å². The first-order valence-corrected chi connectivity index (χ1v) is 10.5. The molecule has 0 bridgehead atoms. The van der Waals surface area contributed by atoms with Gasteiger partial charge >= 0.3 is 11.9 Å². The Balaban J connectivity index is 1.87. The van der Waals surface area contributed by atoms with Crippen molar-refractivity contribution in [3.8, 4) is 0 Å². The number of carboxylic acids is 1. The number of rotatable bonds is 7. The first kappa shape index (κ1) is 21.0. The number of hydrogen-bond donors (Lipinski definition) is 2. The van der Waals surface area contributed by atoms with Crippen molar-refractivity contribution in [3.63, 3.8) is 0 Å². The Hall–Kier alpha value is -2.75. The monoisotopic (exact) mass is 418 g/mol. The van der Waals surface area contributed by atoms with Crippen molar-refractivity contribution in [2.45, 2.75) is 23.5 Å². The topological polar surface area (TPSA) is 113 Å². The van der Waals surface area contributed by atoms with E-state index in [0.717, 1.165) is 12.6 Å². The molecule has 8 nitrogen and oxygen atoms in total. The van der Waals surface area contributed by atoms with Crippen LogP contribution in [-0.2, 0) is 19.6 Å². The van der Waals surface area contributed by atoms with Crippen LogP contribution in [0.2, 0.25) is 0 Å². The third-order valence-corrected chi connectivity index (χ3v) is 6.08. The molecule has 3 rings (SSSR count). The maximum Gasteiger partial charge on any atom is 0.335 e. The summed E-state index contributed by atoms with van der Waals surface area (Å²) < 4.78 is 33.6. The van der Waals surface area contributed by atoms with Crippen LogP contribution in [-0.4, -0.2) is 56.6 Å². The number of hydrogen-bond acceptors (Lipinski definition) is 6. The van der Waals surface area contributed by atoms with Gasteiger partial charge in [-0.25, -0.2) is 18.0 Å². The van der Waals surface area contributed by atoms with Crippen LogP contribution in [0.25, 0.3) is 0 Å². The van der Waals surface area contributed by atoms with Gasteiger partial charge in [0.2, 0.25) is 10.0 Å². The van der Waals surface area contributed by atoms with Gasteiger partial charge in [-0.3, -0.25) is 0 Å². The van der Waals surface area contributed by atoms with Gasteiger partial charge in [0.25, 0.3) is 0 Å². The molecule has 1 heterocycles. The summed E-state index contributed by atoms with van der Waals surface area (Å²) in [7, 11) is -2.26. The van der Waals surface area contributed by atoms with Crippen LogP contribution in [0.4, 0.5) is 0 Å². The van der Waals surface area contributed by atoms with E-state index in [1.807, 2.05) is 11.9 Å². The smallest absolute Gasteiger partial charge is 0.335 e. The molecule has 0 radical (unpaired) electrons. The number of carboxylic acid groups (broad SMARTS) is 1. The number of sulfonamides is 1. The highest BCUT2D eigenvalue weighted by atomic mass is 32.2.